The summed E-state index contributed by atoms with van der Waals surface area (Å²) in [5.74, 6) is 0.821. The molecule has 3 aromatic rings. The average molecular weight is 391 g/mol. The van der Waals surface area contributed by atoms with Crippen LogP contribution in [0.4, 0.5) is 0 Å². The number of aromatic carboxylic acids is 1. The molecule has 0 aliphatic rings. The molecule has 29 heavy (non-hydrogen) atoms. The van der Waals surface area contributed by atoms with E-state index in [4.69, 9.17) is 0 Å². The number of benzene rings is 1. The van der Waals surface area contributed by atoms with Gasteiger partial charge in [0.1, 0.15) is 11.6 Å². The molecule has 0 unspecified atom stereocenters. The van der Waals surface area contributed by atoms with Crippen LogP contribution < -0.4 is 5.32 Å². The van der Waals surface area contributed by atoms with Crippen molar-refractivity contribution in [2.24, 2.45) is 0 Å². The lowest BCUT2D eigenvalue weighted by Gasteiger charge is -2.09. The lowest BCUT2D eigenvalue weighted by atomic mass is 10.2. The molecular weight excluding hydrogens is 366 g/mol. The second-order valence-corrected chi connectivity index (χ2v) is 6.71. The standard InChI is InChI=1S/C22H25N5O2/c1-3-20-25-26-21(27(20)11-7-10-17-8-5-4-6-9-17)15-23-14-19-13-18(22(28)29)12-16(2)24-19/h4-10,12-13,23H,3,11,14-15H2,1-2H3,(H,28,29). The summed E-state index contributed by atoms with van der Waals surface area (Å²) in [6.07, 6.45) is 4.98. The van der Waals surface area contributed by atoms with Crippen molar-refractivity contribution in [1.82, 2.24) is 25.1 Å². The van der Waals surface area contributed by atoms with Gasteiger partial charge in [-0.15, -0.1) is 10.2 Å². The Morgan fingerprint density at radius 2 is 1.90 bits per heavy atom. The molecule has 2 aromatic heterocycles. The average Bonchev–Trinajstić information content (AvgIpc) is 3.10. The van der Waals surface area contributed by atoms with Gasteiger partial charge in [-0.25, -0.2) is 4.79 Å². The molecule has 3 rings (SSSR count). The van der Waals surface area contributed by atoms with Crippen LogP contribution in [-0.2, 0) is 26.1 Å². The molecule has 0 atom stereocenters. The van der Waals surface area contributed by atoms with Gasteiger partial charge < -0.3 is 15.0 Å². The Morgan fingerprint density at radius 1 is 1.14 bits per heavy atom. The first-order valence-corrected chi connectivity index (χ1v) is 9.61. The van der Waals surface area contributed by atoms with Crippen molar-refractivity contribution in [3.05, 3.63) is 82.7 Å². The summed E-state index contributed by atoms with van der Waals surface area (Å²) < 4.78 is 2.10. The highest BCUT2D eigenvalue weighted by molar-refractivity contribution is 5.87. The monoisotopic (exact) mass is 391 g/mol. The van der Waals surface area contributed by atoms with Crippen LogP contribution in [-0.4, -0.2) is 30.8 Å². The smallest absolute Gasteiger partial charge is 0.335 e. The Bertz CT molecular complexity index is 996. The molecule has 7 heteroatoms. The van der Waals surface area contributed by atoms with E-state index in [0.717, 1.165) is 23.6 Å². The van der Waals surface area contributed by atoms with Crippen molar-refractivity contribution in [3.8, 4) is 0 Å². The number of nitrogens with zero attached hydrogens (tertiary/aromatic N) is 4. The molecule has 2 heterocycles. The maximum atomic E-state index is 11.2. The highest BCUT2D eigenvalue weighted by atomic mass is 16.4. The van der Waals surface area contributed by atoms with Crippen molar-refractivity contribution in [3.63, 3.8) is 0 Å². The number of hydrogen-bond acceptors (Lipinski definition) is 5. The topological polar surface area (TPSA) is 92.9 Å². The van der Waals surface area contributed by atoms with Gasteiger partial charge in [0.25, 0.3) is 0 Å². The van der Waals surface area contributed by atoms with E-state index < -0.39 is 5.97 Å². The van der Waals surface area contributed by atoms with E-state index in [1.165, 1.54) is 0 Å². The molecular formula is C22H25N5O2. The third-order valence-electron chi connectivity index (χ3n) is 4.46. The van der Waals surface area contributed by atoms with Gasteiger partial charge in [-0.1, -0.05) is 49.4 Å². The number of hydrogen-bond donors (Lipinski definition) is 2. The zero-order chi connectivity index (χ0) is 20.6. The van der Waals surface area contributed by atoms with E-state index in [1.807, 2.05) is 18.2 Å². The first-order chi connectivity index (χ1) is 14.1. The summed E-state index contributed by atoms with van der Waals surface area (Å²) in [6.45, 7) is 5.51. The highest BCUT2D eigenvalue weighted by Gasteiger charge is 2.10. The number of carboxylic acids is 1. The summed E-state index contributed by atoms with van der Waals surface area (Å²) in [7, 11) is 0. The van der Waals surface area contributed by atoms with E-state index in [9.17, 15) is 9.90 Å². The second kappa shape index (κ2) is 9.75. The van der Waals surface area contributed by atoms with Gasteiger partial charge in [-0.2, -0.15) is 0 Å². The number of aromatic nitrogens is 4. The molecule has 0 saturated carbocycles. The molecule has 0 bridgehead atoms. The fourth-order valence-electron chi connectivity index (χ4n) is 3.09. The van der Waals surface area contributed by atoms with Crippen LogP contribution in [0.5, 0.6) is 0 Å². The summed E-state index contributed by atoms with van der Waals surface area (Å²) in [5, 5.41) is 21.1. The van der Waals surface area contributed by atoms with E-state index in [0.29, 0.717) is 31.0 Å². The number of rotatable bonds is 9. The minimum Gasteiger partial charge on any atom is -0.478 e. The molecule has 0 spiro atoms. The zero-order valence-corrected chi connectivity index (χ0v) is 16.7. The lowest BCUT2D eigenvalue weighted by molar-refractivity contribution is 0.0696. The van der Waals surface area contributed by atoms with Gasteiger partial charge in [-0.3, -0.25) is 4.98 Å². The lowest BCUT2D eigenvalue weighted by Crippen LogP contribution is -2.18. The summed E-state index contributed by atoms with van der Waals surface area (Å²) in [5.41, 5.74) is 2.77. The van der Waals surface area contributed by atoms with E-state index >= 15 is 0 Å². The fraction of sp³-hybridized carbons (Fsp3) is 0.273. The molecule has 150 valence electrons. The zero-order valence-electron chi connectivity index (χ0n) is 16.7. The van der Waals surface area contributed by atoms with Crippen molar-refractivity contribution in [2.75, 3.05) is 0 Å². The van der Waals surface area contributed by atoms with E-state index in [1.54, 1.807) is 19.1 Å². The maximum absolute atomic E-state index is 11.2. The number of nitrogens with one attached hydrogen (secondary N) is 1. The first-order valence-electron chi connectivity index (χ1n) is 9.61. The van der Waals surface area contributed by atoms with Crippen LogP contribution in [0.25, 0.3) is 6.08 Å². The van der Waals surface area contributed by atoms with Gasteiger partial charge in [0.15, 0.2) is 0 Å². The summed E-state index contributed by atoms with van der Waals surface area (Å²) >= 11 is 0. The molecule has 0 amide bonds. The van der Waals surface area contributed by atoms with Crippen LogP contribution in [0.15, 0.2) is 48.5 Å². The molecule has 2 N–H and O–H groups in total. The van der Waals surface area contributed by atoms with Crippen LogP contribution in [0.2, 0.25) is 0 Å². The van der Waals surface area contributed by atoms with E-state index in [2.05, 4.69) is 56.3 Å². The molecule has 0 fully saturated rings. The summed E-state index contributed by atoms with van der Waals surface area (Å²) in [4.78, 5) is 15.6. The Labute approximate surface area is 170 Å². The van der Waals surface area contributed by atoms with Crippen molar-refractivity contribution >= 4 is 12.0 Å². The molecule has 1 aromatic carbocycles. The van der Waals surface area contributed by atoms with Crippen molar-refractivity contribution < 1.29 is 9.90 Å². The van der Waals surface area contributed by atoms with Gasteiger partial charge in [0, 0.05) is 25.2 Å². The van der Waals surface area contributed by atoms with E-state index in [-0.39, 0.29) is 5.56 Å². The minimum atomic E-state index is -0.950. The number of allylic oxidation sites excluding steroid dienone is 1. The Balaban J connectivity index is 1.65. The van der Waals surface area contributed by atoms with Gasteiger partial charge in [-0.05, 0) is 24.6 Å². The van der Waals surface area contributed by atoms with Crippen molar-refractivity contribution in [1.29, 1.82) is 0 Å². The van der Waals surface area contributed by atoms with Crippen LogP contribution in [0, 0.1) is 6.92 Å². The minimum absolute atomic E-state index is 0.247. The Morgan fingerprint density at radius 3 is 2.62 bits per heavy atom. The van der Waals surface area contributed by atoms with Crippen LogP contribution >= 0.6 is 0 Å². The van der Waals surface area contributed by atoms with Gasteiger partial charge in [0.2, 0.25) is 0 Å². The Kier molecular flexibility index (Phi) is 6.86. The normalized spacial score (nSPS) is 11.2. The number of carboxylic acid groups (broad SMARTS) is 1. The number of carbonyl (C=O) groups is 1. The van der Waals surface area contributed by atoms with Crippen LogP contribution in [0.3, 0.4) is 0 Å². The van der Waals surface area contributed by atoms with Gasteiger partial charge in [0.05, 0.1) is 17.8 Å². The quantitative estimate of drug-likeness (QED) is 0.582. The van der Waals surface area contributed by atoms with Gasteiger partial charge >= 0.3 is 5.97 Å². The van der Waals surface area contributed by atoms with Crippen molar-refractivity contribution in [2.45, 2.75) is 39.9 Å². The summed E-state index contributed by atoms with van der Waals surface area (Å²) in [6, 6.07) is 13.3. The molecule has 7 nitrogen and oxygen atoms in total. The number of pyridine rings is 1. The maximum Gasteiger partial charge on any atom is 0.335 e. The Hall–Kier alpha value is -3.32. The van der Waals surface area contributed by atoms with Crippen LogP contribution in [0.1, 0.15) is 45.9 Å². The number of aryl methyl sites for hydroxylation is 2. The highest BCUT2D eigenvalue weighted by Crippen LogP contribution is 2.08. The third kappa shape index (κ3) is 5.58. The fourth-order valence-corrected chi connectivity index (χ4v) is 3.09. The SMILES string of the molecule is CCc1nnc(CNCc2cc(C(=O)O)cc(C)n2)n1CC=Cc1ccccc1. The molecule has 0 saturated heterocycles. The predicted molar refractivity (Wildman–Crippen MR) is 111 cm³/mol. The largest absolute Gasteiger partial charge is 0.478 e. The third-order valence-corrected chi connectivity index (χ3v) is 4.46. The molecule has 0 aliphatic carbocycles. The second-order valence-electron chi connectivity index (χ2n) is 6.71. The molecule has 0 aliphatic heterocycles. The first kappa shape index (κ1) is 20.4. The predicted octanol–water partition coefficient (Wildman–Crippen LogP) is 3.25. The molecule has 0 radical (unpaired) electrons.